The summed E-state index contributed by atoms with van der Waals surface area (Å²) < 4.78 is 5.17. The van der Waals surface area contributed by atoms with Crippen molar-refractivity contribution in [3.05, 3.63) is 72.2 Å². The normalized spacial score (nSPS) is 10.8. The molecule has 3 rings (SSSR count). The number of H-pyrrole nitrogens is 1. The van der Waals surface area contributed by atoms with Crippen molar-refractivity contribution in [3.63, 3.8) is 0 Å². The van der Waals surface area contributed by atoms with E-state index in [1.807, 2.05) is 55.4 Å². The number of ether oxygens (including phenoxy) is 1. The number of hydrogen-bond donors (Lipinski definition) is 3. The minimum atomic E-state index is -0.151. The fourth-order valence-electron chi connectivity index (χ4n) is 3.17. The van der Waals surface area contributed by atoms with Crippen molar-refractivity contribution in [2.75, 3.05) is 33.8 Å². The van der Waals surface area contributed by atoms with Gasteiger partial charge in [0.05, 0.1) is 32.1 Å². The van der Waals surface area contributed by atoms with Crippen molar-refractivity contribution in [3.8, 4) is 17.0 Å². The minimum absolute atomic E-state index is 0. The molecule has 2 aromatic carbocycles. The van der Waals surface area contributed by atoms with Crippen LogP contribution in [0.1, 0.15) is 23.1 Å². The van der Waals surface area contributed by atoms with Crippen LogP contribution in [0.2, 0.25) is 0 Å². The number of rotatable bonds is 9. The second-order valence-corrected chi connectivity index (χ2v) is 7.19. The molecule has 0 saturated carbocycles. The van der Waals surface area contributed by atoms with E-state index in [0.29, 0.717) is 30.9 Å². The van der Waals surface area contributed by atoms with Crippen LogP contribution in [0.5, 0.6) is 5.75 Å². The Hall–Kier alpha value is -3.08. The van der Waals surface area contributed by atoms with E-state index in [4.69, 9.17) is 4.74 Å². The highest BCUT2D eigenvalue weighted by atomic mass is 127. The number of halogens is 1. The van der Waals surface area contributed by atoms with Crippen LogP contribution in [-0.2, 0) is 6.54 Å². The molecule has 176 valence electrons. The maximum atomic E-state index is 12.3. The zero-order chi connectivity index (χ0) is 22.8. The number of nitrogens with one attached hydrogen (secondary N) is 3. The summed E-state index contributed by atoms with van der Waals surface area (Å²) >= 11 is 0. The monoisotopic (exact) mass is 562 g/mol. The van der Waals surface area contributed by atoms with Gasteiger partial charge in [-0.25, -0.2) is 4.98 Å². The van der Waals surface area contributed by atoms with Crippen LogP contribution in [0.4, 0.5) is 0 Å². The molecule has 0 atom stereocenters. The second-order valence-electron chi connectivity index (χ2n) is 7.19. The first-order chi connectivity index (χ1) is 15.6. The molecule has 1 amide bonds. The number of nitrogens with zero attached hydrogens (tertiary/aromatic N) is 3. The van der Waals surface area contributed by atoms with Crippen molar-refractivity contribution in [1.29, 1.82) is 0 Å². The topological polar surface area (TPSA) is 94.6 Å². The van der Waals surface area contributed by atoms with Crippen LogP contribution in [0.3, 0.4) is 0 Å². The largest absolute Gasteiger partial charge is 0.497 e. The zero-order valence-corrected chi connectivity index (χ0v) is 21.5. The van der Waals surface area contributed by atoms with Crippen molar-refractivity contribution in [1.82, 2.24) is 25.5 Å². The average Bonchev–Trinajstić information content (AvgIpc) is 3.30. The number of methoxy groups -OCH3 is 1. The number of carbonyl (C=O) groups is 1. The van der Waals surface area contributed by atoms with E-state index in [2.05, 4.69) is 25.6 Å². The molecule has 8 nitrogen and oxygen atoms in total. The first-order valence-electron chi connectivity index (χ1n) is 10.6. The van der Waals surface area contributed by atoms with Crippen LogP contribution in [0.15, 0.2) is 65.8 Å². The molecule has 9 heteroatoms. The molecule has 0 unspecified atom stereocenters. The van der Waals surface area contributed by atoms with Gasteiger partial charge in [-0.1, -0.05) is 36.4 Å². The maximum Gasteiger partial charge on any atom is 0.251 e. The molecule has 0 aliphatic rings. The summed E-state index contributed by atoms with van der Waals surface area (Å²) in [6.07, 6.45) is 1.84. The van der Waals surface area contributed by atoms with Crippen molar-refractivity contribution in [2.24, 2.45) is 4.99 Å². The van der Waals surface area contributed by atoms with Crippen LogP contribution < -0.4 is 15.4 Å². The number of aromatic nitrogens is 2. The van der Waals surface area contributed by atoms with Gasteiger partial charge >= 0.3 is 0 Å². The quantitative estimate of drug-likeness (QED) is 0.161. The summed E-state index contributed by atoms with van der Waals surface area (Å²) in [5.74, 6) is 2.10. The minimum Gasteiger partial charge on any atom is -0.497 e. The van der Waals surface area contributed by atoms with E-state index in [-0.39, 0.29) is 29.9 Å². The fraction of sp³-hybridized carbons (Fsp3) is 0.292. The first kappa shape index (κ1) is 26.2. The van der Waals surface area contributed by atoms with Crippen LogP contribution in [-0.4, -0.2) is 60.5 Å². The molecule has 33 heavy (non-hydrogen) atoms. The highest BCUT2D eigenvalue weighted by Crippen LogP contribution is 2.16. The lowest BCUT2D eigenvalue weighted by Crippen LogP contribution is -2.39. The van der Waals surface area contributed by atoms with E-state index in [0.717, 1.165) is 29.6 Å². The molecule has 3 aromatic rings. The predicted octanol–water partition coefficient (Wildman–Crippen LogP) is 3.53. The fourth-order valence-corrected chi connectivity index (χ4v) is 3.17. The standard InChI is InChI=1S/C24H30N6O2.HI/c1-4-25-24(27-14-13-26-23(31)19-11-8-12-20(15-19)32-3)30(2)17-22-28-16-21(29-22)18-9-6-5-7-10-18;/h5-12,15-16H,4,13-14,17H2,1-3H3,(H,25,27)(H,26,31)(H,28,29);1H. The average molecular weight is 562 g/mol. The van der Waals surface area contributed by atoms with Crippen LogP contribution >= 0.6 is 24.0 Å². The molecule has 0 bridgehead atoms. The Morgan fingerprint density at radius 2 is 1.94 bits per heavy atom. The van der Waals surface area contributed by atoms with E-state index >= 15 is 0 Å². The molecule has 1 aromatic heterocycles. The Balaban J connectivity index is 0.00000385. The lowest BCUT2D eigenvalue weighted by molar-refractivity contribution is 0.0954. The molecule has 0 radical (unpaired) electrons. The summed E-state index contributed by atoms with van der Waals surface area (Å²) in [6, 6.07) is 17.2. The summed E-state index contributed by atoms with van der Waals surface area (Å²) in [4.78, 5) is 26.8. The van der Waals surface area contributed by atoms with E-state index in [1.54, 1.807) is 31.4 Å². The molecule has 0 aliphatic heterocycles. The van der Waals surface area contributed by atoms with Crippen molar-refractivity contribution >= 4 is 35.8 Å². The van der Waals surface area contributed by atoms with Gasteiger partial charge in [-0.2, -0.15) is 0 Å². The van der Waals surface area contributed by atoms with Crippen LogP contribution in [0, 0.1) is 0 Å². The van der Waals surface area contributed by atoms with Crippen molar-refractivity contribution < 1.29 is 9.53 Å². The summed E-state index contributed by atoms with van der Waals surface area (Å²) in [6.45, 7) is 4.23. The van der Waals surface area contributed by atoms with Crippen LogP contribution in [0.25, 0.3) is 11.3 Å². The molecule has 0 aliphatic carbocycles. The molecular weight excluding hydrogens is 531 g/mol. The van der Waals surface area contributed by atoms with Gasteiger partial charge in [-0.3, -0.25) is 9.79 Å². The molecule has 0 spiro atoms. The summed E-state index contributed by atoms with van der Waals surface area (Å²) in [5.41, 5.74) is 2.64. The van der Waals surface area contributed by atoms with E-state index in [9.17, 15) is 4.79 Å². The lowest BCUT2D eigenvalue weighted by atomic mass is 10.2. The van der Waals surface area contributed by atoms with E-state index < -0.39 is 0 Å². The molecular formula is C24H31IN6O2. The molecule has 0 fully saturated rings. The third-order valence-corrected chi connectivity index (χ3v) is 4.79. The first-order valence-corrected chi connectivity index (χ1v) is 10.6. The summed E-state index contributed by atoms with van der Waals surface area (Å²) in [5, 5.41) is 6.17. The second kappa shape index (κ2) is 13.5. The van der Waals surface area contributed by atoms with Gasteiger partial charge < -0.3 is 25.3 Å². The third-order valence-electron chi connectivity index (χ3n) is 4.79. The lowest BCUT2D eigenvalue weighted by Gasteiger charge is -2.21. The van der Waals surface area contributed by atoms with Gasteiger partial charge in [-0.05, 0) is 30.7 Å². The highest BCUT2D eigenvalue weighted by Gasteiger charge is 2.10. The zero-order valence-electron chi connectivity index (χ0n) is 19.2. The Kier molecular flexibility index (Phi) is 10.7. The SMILES string of the molecule is CCNC(=NCCNC(=O)c1cccc(OC)c1)N(C)Cc1ncc(-c2ccccc2)[nH]1.I. The van der Waals surface area contributed by atoms with Gasteiger partial charge in [0.2, 0.25) is 0 Å². The Labute approximate surface area is 211 Å². The van der Waals surface area contributed by atoms with Gasteiger partial charge in [0.1, 0.15) is 11.6 Å². The van der Waals surface area contributed by atoms with Gasteiger partial charge in [0.15, 0.2) is 5.96 Å². The van der Waals surface area contributed by atoms with Gasteiger partial charge in [0.25, 0.3) is 5.91 Å². The Bertz CT molecular complexity index is 1040. The smallest absolute Gasteiger partial charge is 0.251 e. The molecule has 0 saturated heterocycles. The number of aromatic amines is 1. The number of guanidine groups is 1. The number of aliphatic imine (C=N–C) groups is 1. The Morgan fingerprint density at radius 1 is 1.15 bits per heavy atom. The predicted molar refractivity (Wildman–Crippen MR) is 142 cm³/mol. The molecule has 3 N–H and O–H groups in total. The molecule has 1 heterocycles. The van der Waals surface area contributed by atoms with Gasteiger partial charge in [0, 0.05) is 25.7 Å². The number of imidazole rings is 1. The van der Waals surface area contributed by atoms with E-state index in [1.165, 1.54) is 0 Å². The summed E-state index contributed by atoms with van der Waals surface area (Å²) in [7, 11) is 3.54. The number of amides is 1. The maximum absolute atomic E-state index is 12.3. The third kappa shape index (κ3) is 7.77. The Morgan fingerprint density at radius 3 is 2.67 bits per heavy atom. The number of hydrogen-bond acceptors (Lipinski definition) is 4. The van der Waals surface area contributed by atoms with Gasteiger partial charge in [-0.15, -0.1) is 24.0 Å². The van der Waals surface area contributed by atoms with Crippen molar-refractivity contribution in [2.45, 2.75) is 13.5 Å². The highest BCUT2D eigenvalue weighted by molar-refractivity contribution is 14.0. The number of carbonyl (C=O) groups excluding carboxylic acids is 1. The number of benzene rings is 2.